The summed E-state index contributed by atoms with van der Waals surface area (Å²) in [4.78, 5) is 13.0. The minimum atomic E-state index is -3.77. The molecule has 0 fully saturated rings. The lowest BCUT2D eigenvalue weighted by atomic mass is 10.1. The standard InChI is InChI=1S/C28H30N4O6S2/c1-4-32(19-22-8-6-5-7-9-22)40(36,37)25-16-12-23(13-17-25)27(33)29-28-31-30-26(38-28)18-21-10-14-24(15-11-21)39(34,35)20(2)3/h5-17,20H,4,18-19H2,1-3H3,(H,29,31,33). The molecule has 1 amide bonds. The number of aromatic nitrogens is 2. The van der Waals surface area contributed by atoms with Crippen LogP contribution in [-0.2, 0) is 32.8 Å². The third-order valence-corrected chi connectivity index (χ3v) is 10.3. The Labute approximate surface area is 234 Å². The summed E-state index contributed by atoms with van der Waals surface area (Å²) in [7, 11) is -7.13. The molecule has 0 aliphatic rings. The van der Waals surface area contributed by atoms with E-state index in [4.69, 9.17) is 4.42 Å². The molecule has 1 aromatic heterocycles. The number of hydrogen-bond donors (Lipinski definition) is 1. The van der Waals surface area contributed by atoms with Crippen LogP contribution in [0.2, 0.25) is 0 Å². The van der Waals surface area contributed by atoms with Crippen LogP contribution >= 0.6 is 0 Å². The fourth-order valence-electron chi connectivity index (χ4n) is 3.87. The van der Waals surface area contributed by atoms with Crippen LogP contribution in [0, 0.1) is 0 Å². The highest BCUT2D eigenvalue weighted by atomic mass is 32.2. The van der Waals surface area contributed by atoms with E-state index in [-0.39, 0.29) is 40.2 Å². The first-order valence-corrected chi connectivity index (χ1v) is 15.6. The summed E-state index contributed by atoms with van der Waals surface area (Å²) >= 11 is 0. The van der Waals surface area contributed by atoms with Crippen LogP contribution in [-0.4, -0.2) is 49.0 Å². The van der Waals surface area contributed by atoms with Gasteiger partial charge in [-0.05, 0) is 61.4 Å². The van der Waals surface area contributed by atoms with Gasteiger partial charge in [0.2, 0.25) is 15.9 Å². The highest BCUT2D eigenvalue weighted by Gasteiger charge is 2.24. The molecular weight excluding hydrogens is 552 g/mol. The zero-order valence-electron chi connectivity index (χ0n) is 22.3. The van der Waals surface area contributed by atoms with E-state index in [0.29, 0.717) is 6.54 Å². The first-order chi connectivity index (χ1) is 19.0. The summed E-state index contributed by atoms with van der Waals surface area (Å²) in [5, 5.41) is 9.77. The van der Waals surface area contributed by atoms with E-state index in [9.17, 15) is 21.6 Å². The van der Waals surface area contributed by atoms with Crippen molar-refractivity contribution in [2.75, 3.05) is 11.9 Å². The summed E-state index contributed by atoms with van der Waals surface area (Å²) in [5.74, 6) is -0.312. The van der Waals surface area contributed by atoms with Crippen molar-refractivity contribution in [2.45, 2.75) is 48.8 Å². The molecule has 40 heavy (non-hydrogen) atoms. The van der Waals surface area contributed by atoms with Crippen molar-refractivity contribution in [1.29, 1.82) is 0 Å². The average Bonchev–Trinajstić information content (AvgIpc) is 3.38. The molecule has 210 valence electrons. The van der Waals surface area contributed by atoms with Crippen molar-refractivity contribution in [3.05, 3.63) is 101 Å². The van der Waals surface area contributed by atoms with Crippen LogP contribution in [0.4, 0.5) is 6.01 Å². The third-order valence-electron chi connectivity index (χ3n) is 6.22. The molecule has 1 N–H and O–H groups in total. The maximum Gasteiger partial charge on any atom is 0.322 e. The van der Waals surface area contributed by atoms with Gasteiger partial charge in [-0.25, -0.2) is 16.8 Å². The molecule has 0 unspecified atom stereocenters. The molecule has 12 heteroatoms. The molecule has 0 aliphatic heterocycles. The molecule has 4 aromatic rings. The summed E-state index contributed by atoms with van der Waals surface area (Å²) in [6.07, 6.45) is 0.244. The van der Waals surface area contributed by atoms with Gasteiger partial charge < -0.3 is 4.42 Å². The van der Waals surface area contributed by atoms with E-state index in [1.807, 2.05) is 30.3 Å². The van der Waals surface area contributed by atoms with Crippen LogP contribution in [0.5, 0.6) is 0 Å². The molecule has 0 saturated heterocycles. The SMILES string of the molecule is CCN(Cc1ccccc1)S(=O)(=O)c1ccc(C(=O)Nc2nnc(Cc3ccc(S(=O)(=O)C(C)C)cc3)o2)cc1. The largest absolute Gasteiger partial charge is 0.407 e. The summed E-state index contributed by atoms with van der Waals surface area (Å²) in [6, 6.07) is 21.2. The highest BCUT2D eigenvalue weighted by Crippen LogP contribution is 2.21. The van der Waals surface area contributed by atoms with Gasteiger partial charge in [0.25, 0.3) is 5.91 Å². The zero-order valence-corrected chi connectivity index (χ0v) is 23.9. The topological polar surface area (TPSA) is 140 Å². The predicted molar refractivity (Wildman–Crippen MR) is 150 cm³/mol. The molecule has 0 saturated carbocycles. The third kappa shape index (κ3) is 6.64. The lowest BCUT2D eigenvalue weighted by Crippen LogP contribution is -2.30. The summed E-state index contributed by atoms with van der Waals surface area (Å²) in [6.45, 7) is 5.55. The first kappa shape index (κ1) is 29.1. The van der Waals surface area contributed by atoms with Gasteiger partial charge in [-0.15, -0.1) is 5.10 Å². The number of carbonyl (C=O) groups excluding carboxylic acids is 1. The molecule has 4 rings (SSSR count). The van der Waals surface area contributed by atoms with Crippen LogP contribution in [0.15, 0.2) is 93.1 Å². The highest BCUT2D eigenvalue weighted by molar-refractivity contribution is 7.92. The van der Waals surface area contributed by atoms with E-state index in [1.165, 1.54) is 40.7 Å². The van der Waals surface area contributed by atoms with E-state index in [0.717, 1.165) is 11.1 Å². The number of amides is 1. The first-order valence-electron chi connectivity index (χ1n) is 12.6. The van der Waals surface area contributed by atoms with Gasteiger partial charge in [-0.3, -0.25) is 10.1 Å². The quantitative estimate of drug-likeness (QED) is 0.276. The van der Waals surface area contributed by atoms with Gasteiger partial charge in [0, 0.05) is 18.7 Å². The Morgan fingerprint density at radius 2 is 1.48 bits per heavy atom. The van der Waals surface area contributed by atoms with Crippen LogP contribution < -0.4 is 5.32 Å². The fourth-order valence-corrected chi connectivity index (χ4v) is 6.37. The van der Waals surface area contributed by atoms with E-state index in [2.05, 4.69) is 15.5 Å². The van der Waals surface area contributed by atoms with Crippen LogP contribution in [0.3, 0.4) is 0 Å². The number of sulfone groups is 1. The maximum atomic E-state index is 13.2. The fraction of sp³-hybridized carbons (Fsp3) is 0.250. The Kier molecular flexibility index (Phi) is 8.82. The van der Waals surface area contributed by atoms with Crippen molar-refractivity contribution >= 4 is 31.8 Å². The number of nitrogens with one attached hydrogen (secondary N) is 1. The maximum absolute atomic E-state index is 13.2. The summed E-state index contributed by atoms with van der Waals surface area (Å²) in [5.41, 5.74) is 1.85. The number of anilines is 1. The Morgan fingerprint density at radius 1 is 0.850 bits per heavy atom. The molecule has 0 spiro atoms. The minimum Gasteiger partial charge on any atom is -0.407 e. The van der Waals surface area contributed by atoms with E-state index < -0.39 is 31.0 Å². The second kappa shape index (κ2) is 12.1. The van der Waals surface area contributed by atoms with Gasteiger partial charge >= 0.3 is 6.01 Å². The predicted octanol–water partition coefficient (Wildman–Crippen LogP) is 4.31. The van der Waals surface area contributed by atoms with Crippen molar-refractivity contribution in [2.24, 2.45) is 0 Å². The molecule has 3 aromatic carbocycles. The number of sulfonamides is 1. The van der Waals surface area contributed by atoms with Crippen LogP contribution in [0.1, 0.15) is 48.1 Å². The van der Waals surface area contributed by atoms with Gasteiger partial charge in [0.15, 0.2) is 9.84 Å². The average molecular weight is 583 g/mol. The lowest BCUT2D eigenvalue weighted by Gasteiger charge is -2.20. The van der Waals surface area contributed by atoms with E-state index >= 15 is 0 Å². The summed E-state index contributed by atoms with van der Waals surface area (Å²) < 4.78 is 57.8. The Morgan fingerprint density at radius 3 is 2.08 bits per heavy atom. The number of rotatable bonds is 11. The van der Waals surface area contributed by atoms with Gasteiger partial charge in [0.1, 0.15) is 0 Å². The molecule has 0 atom stereocenters. The molecular formula is C28H30N4O6S2. The second-order valence-electron chi connectivity index (χ2n) is 9.31. The zero-order chi connectivity index (χ0) is 28.9. The Bertz CT molecular complexity index is 1670. The molecule has 0 radical (unpaired) electrons. The van der Waals surface area contributed by atoms with Gasteiger partial charge in [-0.2, -0.15) is 4.31 Å². The van der Waals surface area contributed by atoms with Gasteiger partial charge in [-0.1, -0.05) is 54.5 Å². The molecule has 0 aliphatic carbocycles. The molecule has 1 heterocycles. The van der Waals surface area contributed by atoms with Crippen molar-refractivity contribution < 1.29 is 26.0 Å². The second-order valence-corrected chi connectivity index (χ2v) is 13.8. The normalized spacial score (nSPS) is 12.1. The molecule has 0 bridgehead atoms. The smallest absolute Gasteiger partial charge is 0.322 e. The van der Waals surface area contributed by atoms with Crippen molar-refractivity contribution in [3.8, 4) is 0 Å². The Hall–Kier alpha value is -3.87. The lowest BCUT2D eigenvalue weighted by molar-refractivity contribution is 0.102. The van der Waals surface area contributed by atoms with Crippen LogP contribution in [0.25, 0.3) is 0 Å². The minimum absolute atomic E-state index is 0.0779. The van der Waals surface area contributed by atoms with Crippen molar-refractivity contribution in [1.82, 2.24) is 14.5 Å². The Balaban J connectivity index is 1.39. The number of nitrogens with zero attached hydrogens (tertiary/aromatic N) is 3. The monoisotopic (exact) mass is 582 g/mol. The number of hydrogen-bond acceptors (Lipinski definition) is 8. The number of carbonyl (C=O) groups is 1. The van der Waals surface area contributed by atoms with E-state index in [1.54, 1.807) is 32.9 Å². The molecule has 10 nitrogen and oxygen atoms in total. The van der Waals surface area contributed by atoms with Crippen molar-refractivity contribution in [3.63, 3.8) is 0 Å². The number of benzene rings is 3. The van der Waals surface area contributed by atoms with Gasteiger partial charge in [0.05, 0.1) is 21.5 Å².